The number of aromatic nitrogens is 4. The summed E-state index contributed by atoms with van der Waals surface area (Å²) in [7, 11) is 0. The minimum atomic E-state index is -0.898. The van der Waals surface area contributed by atoms with Crippen molar-refractivity contribution in [3.05, 3.63) is 12.7 Å². The van der Waals surface area contributed by atoms with Gasteiger partial charge in [-0.1, -0.05) is 0 Å². The van der Waals surface area contributed by atoms with E-state index in [1.807, 2.05) is 4.57 Å². The summed E-state index contributed by atoms with van der Waals surface area (Å²) in [6, 6.07) is -0.168. The normalized spacial score (nSPS) is 31.6. The molecule has 0 aliphatic carbocycles. The number of carboxylic acids is 1. The third-order valence-corrected chi connectivity index (χ3v) is 4.09. The number of nitrogen functional groups attached to an aromatic ring is 1. The van der Waals surface area contributed by atoms with Gasteiger partial charge in [-0.3, -0.25) is 4.79 Å². The fraction of sp³-hybridized carbons (Fsp3) is 0.500. The third-order valence-electron chi connectivity index (χ3n) is 4.09. The molecular weight excluding hydrogens is 278 g/mol. The summed E-state index contributed by atoms with van der Waals surface area (Å²) in [5, 5.41) is 9.17. The highest BCUT2D eigenvalue weighted by molar-refractivity contribution is 5.81. The van der Waals surface area contributed by atoms with Gasteiger partial charge < -0.3 is 24.9 Å². The highest BCUT2D eigenvalue weighted by Crippen LogP contribution is 2.38. The Morgan fingerprint density at radius 2 is 2.10 bits per heavy atom. The lowest BCUT2D eigenvalue weighted by molar-refractivity contribution is -0.144. The van der Waals surface area contributed by atoms with Crippen molar-refractivity contribution >= 4 is 23.0 Å². The molecule has 0 spiro atoms. The highest BCUT2D eigenvalue weighted by atomic mass is 16.6. The van der Waals surface area contributed by atoms with Gasteiger partial charge in [-0.15, -0.1) is 0 Å². The molecule has 4 heterocycles. The molecule has 0 amide bonds. The molecule has 2 aromatic rings. The quantitative estimate of drug-likeness (QED) is 0.754. The summed E-state index contributed by atoms with van der Waals surface area (Å²) >= 11 is 0. The number of rotatable bonds is 2. The van der Waals surface area contributed by atoms with Gasteiger partial charge in [-0.05, 0) is 0 Å². The first kappa shape index (κ1) is 12.5. The van der Waals surface area contributed by atoms with E-state index < -0.39 is 18.0 Å². The molecule has 4 atom stereocenters. The van der Waals surface area contributed by atoms with Gasteiger partial charge in [0.05, 0.1) is 25.6 Å². The zero-order valence-electron chi connectivity index (χ0n) is 10.9. The van der Waals surface area contributed by atoms with E-state index in [-0.39, 0.29) is 18.8 Å². The van der Waals surface area contributed by atoms with Crippen LogP contribution in [0, 0.1) is 5.92 Å². The first-order valence-electron chi connectivity index (χ1n) is 6.56. The monoisotopic (exact) mass is 291 g/mol. The Bertz CT molecular complexity index is 717. The van der Waals surface area contributed by atoms with Gasteiger partial charge in [-0.25, -0.2) is 15.0 Å². The molecule has 21 heavy (non-hydrogen) atoms. The van der Waals surface area contributed by atoms with E-state index in [4.69, 9.17) is 20.3 Å². The van der Waals surface area contributed by atoms with Crippen molar-refractivity contribution in [2.45, 2.75) is 18.2 Å². The smallest absolute Gasteiger partial charge is 0.311 e. The maximum Gasteiger partial charge on any atom is 0.311 e. The van der Waals surface area contributed by atoms with E-state index in [1.54, 1.807) is 6.33 Å². The lowest BCUT2D eigenvalue weighted by atomic mass is 10.0. The Labute approximate surface area is 118 Å². The van der Waals surface area contributed by atoms with Crippen LogP contribution in [0.5, 0.6) is 0 Å². The van der Waals surface area contributed by atoms with E-state index in [1.165, 1.54) is 6.33 Å². The molecule has 2 aromatic heterocycles. The molecule has 0 unspecified atom stereocenters. The molecule has 3 N–H and O–H groups in total. The van der Waals surface area contributed by atoms with Gasteiger partial charge in [0.1, 0.15) is 30.0 Å². The van der Waals surface area contributed by atoms with E-state index in [9.17, 15) is 4.79 Å². The Morgan fingerprint density at radius 3 is 2.90 bits per heavy atom. The summed E-state index contributed by atoms with van der Waals surface area (Å²) in [5.41, 5.74) is 6.89. The topological polar surface area (TPSA) is 125 Å². The zero-order chi connectivity index (χ0) is 14.6. The van der Waals surface area contributed by atoms with Crippen molar-refractivity contribution in [1.29, 1.82) is 0 Å². The van der Waals surface area contributed by atoms with E-state index >= 15 is 0 Å². The zero-order valence-corrected chi connectivity index (χ0v) is 10.9. The van der Waals surface area contributed by atoms with E-state index in [0.717, 1.165) is 0 Å². The lowest BCUT2D eigenvalue weighted by Crippen LogP contribution is -2.31. The van der Waals surface area contributed by atoms with Crippen molar-refractivity contribution in [3.63, 3.8) is 0 Å². The predicted octanol–water partition coefficient (Wildman–Crippen LogP) is -0.552. The van der Waals surface area contributed by atoms with Crippen molar-refractivity contribution in [3.8, 4) is 0 Å². The van der Waals surface area contributed by atoms with Crippen LogP contribution in [0.2, 0.25) is 0 Å². The maximum atomic E-state index is 11.2. The summed E-state index contributed by atoms with van der Waals surface area (Å²) in [4.78, 5) is 23.5. The largest absolute Gasteiger partial charge is 0.481 e. The second-order valence-electron chi connectivity index (χ2n) is 5.19. The van der Waals surface area contributed by atoms with Crippen LogP contribution in [-0.4, -0.2) is 56.0 Å². The number of imidazole rings is 1. The number of nitrogens with two attached hydrogens (primary N) is 1. The molecule has 4 rings (SSSR count). The summed E-state index contributed by atoms with van der Waals surface area (Å²) < 4.78 is 13.1. The standard InChI is InChI=1S/C12H13N5O4/c13-10-7-11(15-3-14-10)17(4-16-7)6-2-21-8-5(12(18)19)1-20-9(6)8/h3-6,8-9H,1-2H2,(H,18,19)(H2,13,14,15)/t5-,6+,8-,9-/m1/s1. The predicted molar refractivity (Wildman–Crippen MR) is 69.4 cm³/mol. The molecule has 9 heteroatoms. The van der Waals surface area contributed by atoms with Crippen LogP contribution in [0.25, 0.3) is 11.2 Å². The second-order valence-corrected chi connectivity index (χ2v) is 5.19. The van der Waals surface area contributed by atoms with E-state index in [2.05, 4.69) is 15.0 Å². The Kier molecular flexibility index (Phi) is 2.59. The van der Waals surface area contributed by atoms with Gasteiger partial charge in [0.2, 0.25) is 0 Å². The molecule has 2 aliphatic rings. The SMILES string of the molecule is Nc1ncnc2c1ncn2[C@H]1CO[C@H]2[C@@H]1OC[C@H]2C(=O)O. The number of nitrogens with zero attached hydrogens (tertiary/aromatic N) is 4. The van der Waals surface area contributed by atoms with Crippen LogP contribution in [-0.2, 0) is 14.3 Å². The number of carboxylic acid groups (broad SMARTS) is 1. The highest BCUT2D eigenvalue weighted by Gasteiger charge is 2.51. The first-order chi connectivity index (χ1) is 10.2. The minimum Gasteiger partial charge on any atom is -0.481 e. The maximum absolute atomic E-state index is 11.2. The average molecular weight is 291 g/mol. The van der Waals surface area contributed by atoms with Crippen molar-refractivity contribution in [2.75, 3.05) is 18.9 Å². The number of ether oxygens (including phenoxy) is 2. The number of aliphatic carboxylic acids is 1. The van der Waals surface area contributed by atoms with Gasteiger partial charge >= 0.3 is 5.97 Å². The summed E-state index contributed by atoms with van der Waals surface area (Å²) in [5.74, 6) is -1.22. The molecule has 0 aromatic carbocycles. The van der Waals surface area contributed by atoms with Crippen LogP contribution in [0.1, 0.15) is 6.04 Å². The fourth-order valence-electron chi connectivity index (χ4n) is 3.04. The van der Waals surface area contributed by atoms with Crippen molar-refractivity contribution in [2.24, 2.45) is 5.92 Å². The molecule has 110 valence electrons. The van der Waals surface area contributed by atoms with E-state index in [0.29, 0.717) is 23.6 Å². The number of fused-ring (bicyclic) bond motifs is 2. The summed E-state index contributed by atoms with van der Waals surface area (Å²) in [6.07, 6.45) is 2.23. The fourth-order valence-corrected chi connectivity index (χ4v) is 3.04. The Balaban J connectivity index is 1.71. The summed E-state index contributed by atoms with van der Waals surface area (Å²) in [6.45, 7) is 0.513. The first-order valence-corrected chi connectivity index (χ1v) is 6.56. The van der Waals surface area contributed by atoms with Gasteiger partial charge in [-0.2, -0.15) is 0 Å². The van der Waals surface area contributed by atoms with Crippen molar-refractivity contribution in [1.82, 2.24) is 19.5 Å². The molecule has 2 saturated heterocycles. The molecule has 2 fully saturated rings. The molecule has 0 bridgehead atoms. The molecular formula is C12H13N5O4. The Hall–Kier alpha value is -2.26. The Morgan fingerprint density at radius 1 is 1.29 bits per heavy atom. The van der Waals surface area contributed by atoms with Gasteiger partial charge in [0.15, 0.2) is 11.5 Å². The van der Waals surface area contributed by atoms with Crippen LogP contribution in [0.15, 0.2) is 12.7 Å². The third kappa shape index (κ3) is 1.71. The van der Waals surface area contributed by atoms with Crippen LogP contribution < -0.4 is 5.73 Å². The van der Waals surface area contributed by atoms with Gasteiger partial charge in [0.25, 0.3) is 0 Å². The van der Waals surface area contributed by atoms with Crippen molar-refractivity contribution < 1.29 is 19.4 Å². The average Bonchev–Trinajstić information content (AvgIpc) is 3.11. The van der Waals surface area contributed by atoms with Crippen LogP contribution in [0.4, 0.5) is 5.82 Å². The molecule has 0 radical (unpaired) electrons. The number of anilines is 1. The molecule has 0 saturated carbocycles. The number of hydrogen-bond acceptors (Lipinski definition) is 7. The molecule has 9 nitrogen and oxygen atoms in total. The number of carbonyl (C=O) groups is 1. The lowest BCUT2D eigenvalue weighted by Gasteiger charge is -2.17. The van der Waals surface area contributed by atoms with Crippen LogP contribution >= 0.6 is 0 Å². The second kappa shape index (κ2) is 4.37. The van der Waals surface area contributed by atoms with Crippen LogP contribution in [0.3, 0.4) is 0 Å². The van der Waals surface area contributed by atoms with Gasteiger partial charge in [0, 0.05) is 0 Å². The molecule has 2 aliphatic heterocycles. The number of hydrogen-bond donors (Lipinski definition) is 2. The minimum absolute atomic E-state index is 0.158.